The molecule has 86 valence electrons. The van der Waals surface area contributed by atoms with Gasteiger partial charge >= 0.3 is 0 Å². The van der Waals surface area contributed by atoms with Crippen LogP contribution in [0.3, 0.4) is 0 Å². The van der Waals surface area contributed by atoms with Gasteiger partial charge in [0.1, 0.15) is 5.82 Å². The summed E-state index contributed by atoms with van der Waals surface area (Å²) in [5.41, 5.74) is 7.98. The molecule has 3 heteroatoms. The van der Waals surface area contributed by atoms with E-state index >= 15 is 0 Å². The molecule has 0 radical (unpaired) electrons. The molecule has 0 bridgehead atoms. The van der Waals surface area contributed by atoms with Gasteiger partial charge in [0.2, 0.25) is 0 Å². The number of benzene rings is 1. The molecule has 0 unspecified atom stereocenters. The quantitative estimate of drug-likeness (QED) is 0.859. The van der Waals surface area contributed by atoms with Crippen LogP contribution in [0.1, 0.15) is 33.0 Å². The molecule has 2 N–H and O–H groups in total. The van der Waals surface area contributed by atoms with Gasteiger partial charge in [-0.3, -0.25) is 0 Å². The van der Waals surface area contributed by atoms with Crippen LogP contribution in [0.15, 0.2) is 24.3 Å². The number of aromatic nitrogens is 2. The van der Waals surface area contributed by atoms with Crippen molar-refractivity contribution in [3.8, 4) is 0 Å². The summed E-state index contributed by atoms with van der Waals surface area (Å²) in [6.07, 6.45) is 1.09. The first-order chi connectivity index (χ1) is 7.54. The van der Waals surface area contributed by atoms with Crippen molar-refractivity contribution in [3.05, 3.63) is 30.1 Å². The van der Waals surface area contributed by atoms with Crippen molar-refractivity contribution in [2.24, 2.45) is 5.73 Å². The van der Waals surface area contributed by atoms with Gasteiger partial charge in [0.25, 0.3) is 0 Å². The number of rotatable bonds is 3. The Morgan fingerprint density at radius 1 is 1.31 bits per heavy atom. The largest absolute Gasteiger partial charge is 0.326 e. The van der Waals surface area contributed by atoms with Gasteiger partial charge in [0, 0.05) is 6.54 Å². The van der Waals surface area contributed by atoms with E-state index in [1.165, 1.54) is 5.52 Å². The number of imidazole rings is 1. The van der Waals surface area contributed by atoms with Crippen LogP contribution in [-0.2, 0) is 12.1 Å². The Balaban J connectivity index is 2.68. The van der Waals surface area contributed by atoms with E-state index in [4.69, 9.17) is 5.73 Å². The van der Waals surface area contributed by atoms with Crippen molar-refractivity contribution >= 4 is 11.0 Å². The first kappa shape index (κ1) is 11.1. The molecule has 0 spiro atoms. The third kappa shape index (κ3) is 1.83. The fraction of sp³-hybridized carbons (Fsp3) is 0.462. The maximum atomic E-state index is 6.17. The fourth-order valence-corrected chi connectivity index (χ4v) is 2.02. The number of hydrogen-bond acceptors (Lipinski definition) is 2. The van der Waals surface area contributed by atoms with Gasteiger partial charge in [0.05, 0.1) is 16.6 Å². The van der Waals surface area contributed by atoms with E-state index in [1.807, 2.05) is 32.0 Å². The van der Waals surface area contributed by atoms with Crippen LogP contribution >= 0.6 is 0 Å². The smallest absolute Gasteiger partial charge is 0.129 e. The third-order valence-corrected chi connectivity index (χ3v) is 2.68. The summed E-state index contributed by atoms with van der Waals surface area (Å²) in [5, 5.41) is 0. The molecule has 0 atom stereocenters. The molecule has 0 fully saturated rings. The summed E-state index contributed by atoms with van der Waals surface area (Å²) in [6, 6.07) is 8.20. The molecule has 1 aromatic heterocycles. The summed E-state index contributed by atoms with van der Waals surface area (Å²) < 4.78 is 2.23. The van der Waals surface area contributed by atoms with Crippen molar-refractivity contribution in [1.29, 1.82) is 0 Å². The minimum Gasteiger partial charge on any atom is -0.326 e. The number of para-hydroxylation sites is 2. The second-order valence-corrected chi connectivity index (χ2v) is 4.80. The SMILES string of the molecule is CCCn1c(C(C)(C)N)nc2ccccc21. The van der Waals surface area contributed by atoms with E-state index in [1.54, 1.807) is 0 Å². The zero-order valence-corrected chi connectivity index (χ0v) is 10.2. The summed E-state index contributed by atoms with van der Waals surface area (Å²) in [7, 11) is 0. The monoisotopic (exact) mass is 217 g/mol. The highest BCUT2D eigenvalue weighted by molar-refractivity contribution is 5.76. The molecule has 2 rings (SSSR count). The minimum atomic E-state index is -0.395. The molecule has 3 nitrogen and oxygen atoms in total. The predicted molar refractivity (Wildman–Crippen MR) is 67.2 cm³/mol. The minimum absolute atomic E-state index is 0.395. The summed E-state index contributed by atoms with van der Waals surface area (Å²) in [6.45, 7) is 7.14. The first-order valence-electron chi connectivity index (χ1n) is 5.78. The molecule has 0 saturated carbocycles. The summed E-state index contributed by atoms with van der Waals surface area (Å²) in [4.78, 5) is 4.64. The molecular weight excluding hydrogens is 198 g/mol. The second kappa shape index (κ2) is 3.91. The van der Waals surface area contributed by atoms with Crippen LogP contribution in [-0.4, -0.2) is 9.55 Å². The Morgan fingerprint density at radius 3 is 2.62 bits per heavy atom. The lowest BCUT2D eigenvalue weighted by Gasteiger charge is -2.19. The van der Waals surface area contributed by atoms with E-state index in [2.05, 4.69) is 22.5 Å². The van der Waals surface area contributed by atoms with E-state index in [0.717, 1.165) is 24.3 Å². The van der Waals surface area contributed by atoms with Crippen molar-refractivity contribution in [3.63, 3.8) is 0 Å². The average Bonchev–Trinajstić information content (AvgIpc) is 2.58. The van der Waals surface area contributed by atoms with Crippen molar-refractivity contribution < 1.29 is 0 Å². The summed E-state index contributed by atoms with van der Waals surface area (Å²) in [5.74, 6) is 0.968. The Kier molecular flexibility index (Phi) is 2.72. The molecule has 1 heterocycles. The van der Waals surface area contributed by atoms with Gasteiger partial charge in [0.15, 0.2) is 0 Å². The molecule has 0 saturated heterocycles. The zero-order chi connectivity index (χ0) is 11.8. The van der Waals surface area contributed by atoms with Crippen LogP contribution in [0.4, 0.5) is 0 Å². The van der Waals surface area contributed by atoms with E-state index in [-0.39, 0.29) is 0 Å². The molecule has 1 aromatic carbocycles. The highest BCUT2D eigenvalue weighted by Crippen LogP contribution is 2.23. The Morgan fingerprint density at radius 2 is 2.00 bits per heavy atom. The average molecular weight is 217 g/mol. The van der Waals surface area contributed by atoms with E-state index in [0.29, 0.717) is 0 Å². The van der Waals surface area contributed by atoms with E-state index < -0.39 is 5.54 Å². The van der Waals surface area contributed by atoms with Crippen molar-refractivity contribution in [2.75, 3.05) is 0 Å². The molecule has 0 aliphatic carbocycles. The first-order valence-corrected chi connectivity index (χ1v) is 5.78. The number of nitrogens with two attached hydrogens (primary N) is 1. The molecule has 2 aromatic rings. The van der Waals surface area contributed by atoms with Crippen LogP contribution < -0.4 is 5.73 Å². The van der Waals surface area contributed by atoms with Crippen LogP contribution in [0, 0.1) is 0 Å². The number of aryl methyl sites for hydroxylation is 1. The topological polar surface area (TPSA) is 43.8 Å². The number of fused-ring (bicyclic) bond motifs is 1. The van der Waals surface area contributed by atoms with Crippen LogP contribution in [0.5, 0.6) is 0 Å². The standard InChI is InChI=1S/C13H19N3/c1-4-9-16-11-8-6-5-7-10(11)15-12(16)13(2,3)14/h5-8H,4,9,14H2,1-3H3. The van der Waals surface area contributed by atoms with Crippen molar-refractivity contribution in [2.45, 2.75) is 39.3 Å². The highest BCUT2D eigenvalue weighted by Gasteiger charge is 2.22. The molecular formula is C13H19N3. The van der Waals surface area contributed by atoms with Crippen molar-refractivity contribution in [1.82, 2.24) is 9.55 Å². The van der Waals surface area contributed by atoms with Crippen LogP contribution in [0.2, 0.25) is 0 Å². The van der Waals surface area contributed by atoms with Gasteiger partial charge < -0.3 is 10.3 Å². The third-order valence-electron chi connectivity index (χ3n) is 2.68. The normalized spacial score (nSPS) is 12.2. The van der Waals surface area contributed by atoms with Crippen LogP contribution in [0.25, 0.3) is 11.0 Å². The molecule has 16 heavy (non-hydrogen) atoms. The molecule has 0 aliphatic heterocycles. The van der Waals surface area contributed by atoms with Gasteiger partial charge in [-0.15, -0.1) is 0 Å². The Bertz CT molecular complexity index is 491. The molecule has 0 aliphatic rings. The summed E-state index contributed by atoms with van der Waals surface area (Å²) >= 11 is 0. The molecule has 0 amide bonds. The second-order valence-electron chi connectivity index (χ2n) is 4.80. The van der Waals surface area contributed by atoms with E-state index in [9.17, 15) is 0 Å². The van der Waals surface area contributed by atoms with Gasteiger partial charge in [-0.25, -0.2) is 4.98 Å². The lowest BCUT2D eigenvalue weighted by molar-refractivity contribution is 0.477. The maximum absolute atomic E-state index is 6.17. The number of hydrogen-bond donors (Lipinski definition) is 1. The van der Waals surface area contributed by atoms with Gasteiger partial charge in [-0.1, -0.05) is 19.1 Å². The Hall–Kier alpha value is -1.35. The lowest BCUT2D eigenvalue weighted by Crippen LogP contribution is -2.32. The predicted octanol–water partition coefficient (Wildman–Crippen LogP) is 2.64. The maximum Gasteiger partial charge on any atom is 0.129 e. The van der Waals surface area contributed by atoms with Gasteiger partial charge in [-0.05, 0) is 32.4 Å². The lowest BCUT2D eigenvalue weighted by atomic mass is 10.1. The highest BCUT2D eigenvalue weighted by atomic mass is 15.1. The van der Waals surface area contributed by atoms with Gasteiger partial charge in [-0.2, -0.15) is 0 Å². The number of nitrogens with zero attached hydrogens (tertiary/aromatic N) is 2. The Labute approximate surface area is 96.3 Å². The fourth-order valence-electron chi connectivity index (χ4n) is 2.02. The zero-order valence-electron chi connectivity index (χ0n) is 10.2.